The van der Waals surface area contributed by atoms with Gasteiger partial charge < -0.3 is 40.1 Å². The molecule has 0 bridgehead atoms. The van der Waals surface area contributed by atoms with E-state index in [0.29, 0.717) is 0 Å². The minimum atomic E-state index is -2.81. The first-order valence-electron chi connectivity index (χ1n) is 6.07. The van der Waals surface area contributed by atoms with Crippen LogP contribution in [0.25, 0.3) is 0 Å². The third kappa shape index (κ3) is 4.09. The van der Waals surface area contributed by atoms with Crippen molar-refractivity contribution in [2.45, 2.75) is 49.7 Å². The first kappa shape index (κ1) is 17.8. The quantitative estimate of drug-likeness (QED) is 0.280. The van der Waals surface area contributed by atoms with Crippen molar-refractivity contribution in [3.8, 4) is 0 Å². The van der Waals surface area contributed by atoms with Crippen LogP contribution in [0.2, 0.25) is 0 Å². The highest BCUT2D eigenvalue weighted by Crippen LogP contribution is 2.30. The van der Waals surface area contributed by atoms with E-state index in [-0.39, 0.29) is 0 Å². The Morgan fingerprint density at radius 2 is 1.95 bits per heavy atom. The topological polar surface area (TPSA) is 174 Å². The van der Waals surface area contributed by atoms with Gasteiger partial charge in [0.05, 0.1) is 6.10 Å². The molecule has 1 rings (SSSR count). The summed E-state index contributed by atoms with van der Waals surface area (Å²) in [6.45, 7) is 0.433. The van der Waals surface area contributed by atoms with Gasteiger partial charge in [0.25, 0.3) is 5.79 Å². The SMILES string of the molecule is CC(=O)OC[C@@H](O)[C@@H](O)[C@@H]1OC(O)(C(=O)O)C[C@H](O)[C@H]1O. The maximum Gasteiger partial charge on any atom is 0.364 e. The summed E-state index contributed by atoms with van der Waals surface area (Å²) in [5, 5.41) is 57.2. The highest BCUT2D eigenvalue weighted by atomic mass is 16.7. The van der Waals surface area contributed by atoms with E-state index >= 15 is 0 Å². The van der Waals surface area contributed by atoms with Gasteiger partial charge in [-0.15, -0.1) is 0 Å². The molecule has 6 atom stereocenters. The second-order valence-electron chi connectivity index (χ2n) is 4.79. The first-order valence-corrected chi connectivity index (χ1v) is 6.07. The Bertz CT molecular complexity index is 398. The van der Waals surface area contributed by atoms with Crippen molar-refractivity contribution < 1.29 is 49.7 Å². The van der Waals surface area contributed by atoms with Crippen LogP contribution in [0.15, 0.2) is 0 Å². The molecule has 10 heteroatoms. The van der Waals surface area contributed by atoms with E-state index in [1.54, 1.807) is 0 Å². The van der Waals surface area contributed by atoms with Crippen LogP contribution in [0.1, 0.15) is 13.3 Å². The Labute approximate surface area is 119 Å². The van der Waals surface area contributed by atoms with Crippen LogP contribution in [0, 0.1) is 0 Å². The monoisotopic (exact) mass is 310 g/mol. The molecule has 1 aliphatic rings. The predicted molar refractivity (Wildman–Crippen MR) is 62.7 cm³/mol. The number of carbonyl (C=O) groups is 2. The van der Waals surface area contributed by atoms with Crippen LogP contribution in [0.3, 0.4) is 0 Å². The number of carbonyl (C=O) groups excluding carboxylic acids is 1. The summed E-state index contributed by atoms with van der Waals surface area (Å²) in [5.41, 5.74) is 0. The predicted octanol–water partition coefficient (Wildman–Crippen LogP) is -3.44. The highest BCUT2D eigenvalue weighted by Gasteiger charge is 2.53. The van der Waals surface area contributed by atoms with Gasteiger partial charge >= 0.3 is 11.9 Å². The van der Waals surface area contributed by atoms with Crippen molar-refractivity contribution in [2.75, 3.05) is 6.61 Å². The molecule has 0 aromatic carbocycles. The number of aliphatic hydroxyl groups is 5. The van der Waals surface area contributed by atoms with Crippen LogP contribution in [-0.4, -0.2) is 85.5 Å². The molecule has 0 aromatic heterocycles. The molecule has 1 aliphatic heterocycles. The number of hydrogen-bond acceptors (Lipinski definition) is 9. The molecule has 1 saturated heterocycles. The maximum atomic E-state index is 10.9. The summed E-state index contributed by atoms with van der Waals surface area (Å²) in [7, 11) is 0. The summed E-state index contributed by atoms with van der Waals surface area (Å²) in [6, 6.07) is 0. The molecular formula is C11H18O10. The average Bonchev–Trinajstić information content (AvgIpc) is 2.39. The second-order valence-corrected chi connectivity index (χ2v) is 4.79. The van der Waals surface area contributed by atoms with E-state index in [1.807, 2.05) is 0 Å². The number of carboxylic acids is 1. The van der Waals surface area contributed by atoms with Crippen LogP contribution < -0.4 is 0 Å². The van der Waals surface area contributed by atoms with Crippen molar-refractivity contribution in [3.05, 3.63) is 0 Å². The van der Waals surface area contributed by atoms with Crippen molar-refractivity contribution in [2.24, 2.45) is 0 Å². The van der Waals surface area contributed by atoms with E-state index in [9.17, 15) is 35.1 Å². The molecule has 1 heterocycles. The fraction of sp³-hybridized carbons (Fsp3) is 0.818. The number of rotatable bonds is 5. The average molecular weight is 310 g/mol. The summed E-state index contributed by atoms with van der Waals surface area (Å²) in [5.74, 6) is -5.36. The van der Waals surface area contributed by atoms with Gasteiger partial charge in [-0.05, 0) is 0 Å². The Kier molecular flexibility index (Phi) is 5.61. The van der Waals surface area contributed by atoms with Crippen LogP contribution in [0.5, 0.6) is 0 Å². The van der Waals surface area contributed by atoms with E-state index in [1.165, 1.54) is 0 Å². The lowest BCUT2D eigenvalue weighted by molar-refractivity contribution is -0.313. The Balaban J connectivity index is 2.82. The largest absolute Gasteiger partial charge is 0.477 e. The zero-order chi connectivity index (χ0) is 16.4. The fourth-order valence-electron chi connectivity index (χ4n) is 1.90. The Morgan fingerprint density at radius 1 is 1.38 bits per heavy atom. The molecule has 0 radical (unpaired) electrons. The molecule has 0 aromatic rings. The molecule has 1 unspecified atom stereocenters. The van der Waals surface area contributed by atoms with Crippen molar-refractivity contribution in [1.29, 1.82) is 0 Å². The number of aliphatic carboxylic acids is 1. The number of hydrogen-bond donors (Lipinski definition) is 6. The zero-order valence-electron chi connectivity index (χ0n) is 11.1. The van der Waals surface area contributed by atoms with Crippen LogP contribution >= 0.6 is 0 Å². The first-order chi connectivity index (χ1) is 9.58. The fourth-order valence-corrected chi connectivity index (χ4v) is 1.90. The van der Waals surface area contributed by atoms with Crippen molar-refractivity contribution in [1.82, 2.24) is 0 Å². The minimum absolute atomic E-state index is 0.634. The molecule has 122 valence electrons. The summed E-state index contributed by atoms with van der Waals surface area (Å²) >= 11 is 0. The van der Waals surface area contributed by atoms with Gasteiger partial charge in [-0.1, -0.05) is 0 Å². The number of aliphatic hydroxyl groups excluding tert-OH is 4. The van der Waals surface area contributed by atoms with Gasteiger partial charge in [0, 0.05) is 13.3 Å². The van der Waals surface area contributed by atoms with Crippen molar-refractivity contribution >= 4 is 11.9 Å². The van der Waals surface area contributed by atoms with E-state index in [0.717, 1.165) is 6.92 Å². The highest BCUT2D eigenvalue weighted by molar-refractivity contribution is 5.75. The van der Waals surface area contributed by atoms with Crippen molar-refractivity contribution in [3.63, 3.8) is 0 Å². The standard InChI is InChI=1S/C11H18O10/c1-4(12)20-3-6(14)8(16)9-7(15)5(13)2-11(19,21-9)10(17)18/h5-9,13-16,19H,2-3H2,1H3,(H,17,18)/t5-,6+,7+,8+,9+,11?/m0/s1. The molecule has 10 nitrogen and oxygen atoms in total. The van der Waals surface area contributed by atoms with Gasteiger partial charge in [0.1, 0.15) is 31.0 Å². The van der Waals surface area contributed by atoms with Gasteiger partial charge in [0.15, 0.2) is 0 Å². The summed E-state index contributed by atoms with van der Waals surface area (Å²) in [4.78, 5) is 21.5. The van der Waals surface area contributed by atoms with E-state index in [4.69, 9.17) is 9.84 Å². The molecule has 6 N–H and O–H groups in total. The summed E-state index contributed by atoms with van der Waals surface area (Å²) < 4.78 is 9.15. The van der Waals surface area contributed by atoms with Gasteiger partial charge in [-0.25, -0.2) is 4.79 Å². The van der Waals surface area contributed by atoms with Gasteiger partial charge in [-0.3, -0.25) is 4.79 Å². The van der Waals surface area contributed by atoms with Gasteiger partial charge in [0.2, 0.25) is 0 Å². The molecule has 1 fully saturated rings. The third-order valence-electron chi connectivity index (χ3n) is 3.07. The molecule has 21 heavy (non-hydrogen) atoms. The maximum absolute atomic E-state index is 10.9. The smallest absolute Gasteiger partial charge is 0.364 e. The lowest BCUT2D eigenvalue weighted by Gasteiger charge is -2.42. The number of ether oxygens (including phenoxy) is 2. The molecule has 0 amide bonds. The number of carboxylic acid groups (broad SMARTS) is 1. The molecular weight excluding hydrogens is 292 g/mol. The lowest BCUT2D eigenvalue weighted by atomic mass is 9.91. The molecule has 0 saturated carbocycles. The third-order valence-corrected chi connectivity index (χ3v) is 3.07. The summed E-state index contributed by atoms with van der Waals surface area (Å²) in [6.07, 6.45) is -9.66. The van der Waals surface area contributed by atoms with Crippen LogP contribution in [-0.2, 0) is 19.1 Å². The van der Waals surface area contributed by atoms with E-state index in [2.05, 4.69) is 4.74 Å². The minimum Gasteiger partial charge on any atom is -0.477 e. The zero-order valence-corrected chi connectivity index (χ0v) is 11.1. The van der Waals surface area contributed by atoms with Gasteiger partial charge in [-0.2, -0.15) is 0 Å². The Morgan fingerprint density at radius 3 is 2.43 bits per heavy atom. The normalized spacial score (nSPS) is 35.8. The molecule has 0 aliphatic carbocycles. The molecule has 0 spiro atoms. The number of esters is 1. The van der Waals surface area contributed by atoms with E-state index < -0.39 is 61.3 Å². The Hall–Kier alpha value is -1.30. The second kappa shape index (κ2) is 6.64. The van der Waals surface area contributed by atoms with Crippen LogP contribution in [0.4, 0.5) is 0 Å². The lowest BCUT2D eigenvalue weighted by Crippen LogP contribution is -2.63.